The van der Waals surface area contributed by atoms with E-state index in [2.05, 4.69) is 36.4 Å². The van der Waals surface area contributed by atoms with Gasteiger partial charge < -0.3 is 9.88 Å². The topological polar surface area (TPSA) is 72.7 Å². The maximum atomic E-state index is 12.9. The van der Waals surface area contributed by atoms with Gasteiger partial charge in [0.05, 0.1) is 5.56 Å². The number of aromatic nitrogens is 4. The fraction of sp³-hybridized carbons (Fsp3) is 0.0476. The fourth-order valence-electron chi connectivity index (χ4n) is 2.55. The van der Waals surface area contributed by atoms with Gasteiger partial charge in [-0.1, -0.05) is 23.9 Å². The summed E-state index contributed by atoms with van der Waals surface area (Å²) < 4.78 is 2.77. The Bertz CT molecular complexity index is 1160. The van der Waals surface area contributed by atoms with Crippen LogP contribution in [0.15, 0.2) is 97.6 Å². The van der Waals surface area contributed by atoms with Crippen molar-refractivity contribution in [2.75, 3.05) is 5.32 Å². The number of nitrogens with one attached hydrogen (secondary N) is 1. The first kappa shape index (κ1) is 20.6. The van der Waals surface area contributed by atoms with Crippen LogP contribution in [0.1, 0.15) is 10.4 Å². The number of hydrogen-bond acceptors (Lipinski definition) is 6. The van der Waals surface area contributed by atoms with E-state index in [4.69, 9.17) is 0 Å². The smallest absolute Gasteiger partial charge is 0.256 e. The molecule has 0 saturated heterocycles. The van der Waals surface area contributed by atoms with Crippen molar-refractivity contribution in [3.8, 4) is 0 Å². The van der Waals surface area contributed by atoms with E-state index in [1.54, 1.807) is 12.5 Å². The summed E-state index contributed by atoms with van der Waals surface area (Å²) >= 11 is 6.35. The van der Waals surface area contributed by atoms with Gasteiger partial charge >= 0.3 is 0 Å². The van der Waals surface area contributed by atoms with E-state index in [0.29, 0.717) is 5.56 Å². The Kier molecular flexibility index (Phi) is 6.51. The average molecular weight is 498 g/mol. The summed E-state index contributed by atoms with van der Waals surface area (Å²) in [6, 6.07) is 19.0. The minimum absolute atomic E-state index is 0.163. The first-order chi connectivity index (χ1) is 14.6. The maximum Gasteiger partial charge on any atom is 0.256 e. The Morgan fingerprint density at radius 1 is 1.03 bits per heavy atom. The molecule has 0 spiro atoms. The van der Waals surface area contributed by atoms with Crippen molar-refractivity contribution < 1.29 is 4.79 Å². The third-order valence-corrected chi connectivity index (χ3v) is 6.59. The molecule has 0 unspecified atom stereocenters. The number of benzene rings is 2. The highest BCUT2D eigenvalue weighted by Crippen LogP contribution is 2.31. The van der Waals surface area contributed by atoms with Crippen molar-refractivity contribution in [1.82, 2.24) is 19.7 Å². The molecule has 4 rings (SSSR count). The van der Waals surface area contributed by atoms with Crippen LogP contribution in [-0.2, 0) is 7.05 Å². The number of carbonyl (C=O) groups is 1. The molecule has 2 aromatic heterocycles. The molecular formula is C21H16BrN5OS2. The summed E-state index contributed by atoms with van der Waals surface area (Å²) in [5.74, 6) is -0.163. The highest BCUT2D eigenvalue weighted by atomic mass is 79.9. The number of pyridine rings is 1. The first-order valence-corrected chi connectivity index (χ1v) is 11.3. The second kappa shape index (κ2) is 9.46. The molecule has 0 bridgehead atoms. The fourth-order valence-corrected chi connectivity index (χ4v) is 4.43. The van der Waals surface area contributed by atoms with E-state index < -0.39 is 0 Å². The van der Waals surface area contributed by atoms with Crippen molar-refractivity contribution in [3.63, 3.8) is 0 Å². The van der Waals surface area contributed by atoms with Gasteiger partial charge in [0, 0.05) is 33.2 Å². The number of nitrogens with zero attached hydrogens (tertiary/aromatic N) is 4. The van der Waals surface area contributed by atoms with Crippen LogP contribution in [-0.4, -0.2) is 25.7 Å². The van der Waals surface area contributed by atoms with Crippen molar-refractivity contribution in [2.45, 2.75) is 20.0 Å². The van der Waals surface area contributed by atoms with Gasteiger partial charge in [-0.05, 0) is 76.2 Å². The third kappa shape index (κ3) is 5.10. The zero-order chi connectivity index (χ0) is 20.9. The van der Waals surface area contributed by atoms with Gasteiger partial charge in [0.2, 0.25) is 0 Å². The number of amides is 1. The molecule has 6 nitrogen and oxygen atoms in total. The van der Waals surface area contributed by atoms with Crippen LogP contribution in [0.25, 0.3) is 0 Å². The molecule has 0 fully saturated rings. The lowest BCUT2D eigenvalue weighted by Gasteiger charge is -2.10. The molecule has 2 heterocycles. The van der Waals surface area contributed by atoms with Crippen molar-refractivity contribution in [3.05, 3.63) is 83.2 Å². The lowest BCUT2D eigenvalue weighted by Crippen LogP contribution is -2.12. The highest BCUT2D eigenvalue weighted by molar-refractivity contribution is 9.10. The molecule has 0 aliphatic heterocycles. The summed E-state index contributed by atoms with van der Waals surface area (Å²) in [6.45, 7) is 0. The van der Waals surface area contributed by atoms with Crippen molar-refractivity contribution in [1.29, 1.82) is 0 Å². The van der Waals surface area contributed by atoms with Gasteiger partial charge in [0.1, 0.15) is 11.4 Å². The number of halogens is 1. The highest BCUT2D eigenvalue weighted by Gasteiger charge is 2.13. The van der Waals surface area contributed by atoms with Gasteiger partial charge in [-0.2, -0.15) is 0 Å². The quantitative estimate of drug-likeness (QED) is 0.377. The van der Waals surface area contributed by atoms with E-state index in [1.165, 1.54) is 23.5 Å². The number of aryl methyl sites for hydroxylation is 1. The van der Waals surface area contributed by atoms with Gasteiger partial charge in [-0.15, -0.1) is 10.2 Å². The minimum atomic E-state index is -0.163. The van der Waals surface area contributed by atoms with Crippen LogP contribution in [0.3, 0.4) is 0 Å². The van der Waals surface area contributed by atoms with E-state index in [9.17, 15) is 4.79 Å². The van der Waals surface area contributed by atoms with E-state index in [0.717, 1.165) is 30.1 Å². The molecule has 9 heteroatoms. The summed E-state index contributed by atoms with van der Waals surface area (Å²) in [5, 5.41) is 12.5. The minimum Gasteiger partial charge on any atom is -0.322 e. The molecule has 30 heavy (non-hydrogen) atoms. The first-order valence-electron chi connectivity index (χ1n) is 8.90. The standard InChI is InChI=1S/C21H16BrN5OS2/c1-27-13-24-26-21(27)29-16-9-7-15(8-10-16)25-20(28)17-4-2-3-5-18(17)30-19-11-6-14(22)12-23-19/h2-13H,1H3,(H,25,28). The Morgan fingerprint density at radius 3 is 2.53 bits per heavy atom. The summed E-state index contributed by atoms with van der Waals surface area (Å²) in [7, 11) is 1.90. The Balaban J connectivity index is 1.46. The molecule has 0 aliphatic carbocycles. The molecule has 0 aliphatic rings. The zero-order valence-electron chi connectivity index (χ0n) is 15.8. The number of carbonyl (C=O) groups excluding carboxylic acids is 1. The molecule has 1 N–H and O–H groups in total. The lowest BCUT2D eigenvalue weighted by atomic mass is 10.2. The van der Waals surface area contributed by atoms with E-state index in [-0.39, 0.29) is 5.91 Å². The van der Waals surface area contributed by atoms with Crippen molar-refractivity contribution in [2.24, 2.45) is 7.05 Å². The van der Waals surface area contributed by atoms with Gasteiger partial charge in [0.25, 0.3) is 5.91 Å². The van der Waals surface area contributed by atoms with Crippen LogP contribution < -0.4 is 5.32 Å². The maximum absolute atomic E-state index is 12.9. The molecule has 4 aromatic rings. The Labute approximate surface area is 190 Å². The SMILES string of the molecule is Cn1cnnc1Sc1ccc(NC(=O)c2ccccc2Sc2ccc(Br)cn2)cc1. The normalized spacial score (nSPS) is 10.7. The van der Waals surface area contributed by atoms with Crippen molar-refractivity contribution >= 4 is 51.0 Å². The van der Waals surface area contributed by atoms with Crippen LogP contribution in [0, 0.1) is 0 Å². The Hall–Kier alpha value is -2.62. The number of hydrogen-bond donors (Lipinski definition) is 1. The largest absolute Gasteiger partial charge is 0.322 e. The predicted molar refractivity (Wildman–Crippen MR) is 122 cm³/mol. The molecule has 0 saturated carbocycles. The molecule has 150 valence electrons. The molecule has 0 radical (unpaired) electrons. The third-order valence-electron chi connectivity index (χ3n) is 4.04. The van der Waals surface area contributed by atoms with Gasteiger partial charge in [-0.3, -0.25) is 4.79 Å². The molecule has 2 aromatic carbocycles. The monoisotopic (exact) mass is 497 g/mol. The number of anilines is 1. The van der Waals surface area contributed by atoms with E-state index in [1.807, 2.05) is 72.3 Å². The lowest BCUT2D eigenvalue weighted by molar-refractivity contribution is 0.102. The summed E-state index contributed by atoms with van der Waals surface area (Å²) in [5.41, 5.74) is 1.33. The molecule has 1 amide bonds. The molecule has 0 atom stereocenters. The zero-order valence-corrected chi connectivity index (χ0v) is 19.0. The van der Waals surface area contributed by atoms with Gasteiger partial charge in [-0.25, -0.2) is 4.98 Å². The van der Waals surface area contributed by atoms with Gasteiger partial charge in [0.15, 0.2) is 5.16 Å². The Morgan fingerprint density at radius 2 is 1.83 bits per heavy atom. The van der Waals surface area contributed by atoms with Crippen LogP contribution in [0.4, 0.5) is 5.69 Å². The predicted octanol–water partition coefficient (Wildman–Crippen LogP) is 5.53. The van der Waals surface area contributed by atoms with Crippen LogP contribution >= 0.6 is 39.5 Å². The molecular weight excluding hydrogens is 482 g/mol. The number of rotatable bonds is 6. The second-order valence-corrected chi connectivity index (χ2v) is 9.24. The van der Waals surface area contributed by atoms with Crippen LogP contribution in [0.2, 0.25) is 0 Å². The second-order valence-electron chi connectivity index (χ2n) is 6.22. The van der Waals surface area contributed by atoms with Crippen LogP contribution in [0.5, 0.6) is 0 Å². The van der Waals surface area contributed by atoms with E-state index >= 15 is 0 Å². The average Bonchev–Trinajstić information content (AvgIpc) is 3.16. The summed E-state index contributed by atoms with van der Waals surface area (Å²) in [6.07, 6.45) is 3.40. The summed E-state index contributed by atoms with van der Waals surface area (Å²) in [4.78, 5) is 19.1.